The molecule has 2 N–H and O–H groups in total. The number of nitrogens with one attached hydrogen (secondary N) is 2. The Labute approximate surface area is 66.9 Å². The average molecular weight is 200 g/mol. The smallest absolute Gasteiger partial charge is 0.144 e. The van der Waals surface area contributed by atoms with E-state index in [1.807, 2.05) is 0 Å². The summed E-state index contributed by atoms with van der Waals surface area (Å²) in [5, 5.41) is 0. The number of anilines is 1. The molecule has 0 radical (unpaired) electrons. The van der Waals surface area contributed by atoms with Crippen molar-refractivity contribution in [3.05, 3.63) is 22.3 Å². The van der Waals surface area contributed by atoms with E-state index in [4.69, 9.17) is 0 Å². The first-order valence-corrected chi connectivity index (χ1v) is 3.79. The molecular formula is C6H6BrN3. The highest BCUT2D eigenvalue weighted by molar-refractivity contribution is 9.10. The number of aromatic nitrogens is 1. The maximum Gasteiger partial charge on any atom is 0.144 e. The zero-order valence-corrected chi connectivity index (χ0v) is 6.77. The Morgan fingerprint density at radius 1 is 1.60 bits per heavy atom. The highest BCUT2D eigenvalue weighted by atomic mass is 79.9. The van der Waals surface area contributed by atoms with Gasteiger partial charge < -0.3 is 5.43 Å². The third kappa shape index (κ3) is 0.892. The lowest BCUT2D eigenvalue weighted by atomic mass is 10.3. The monoisotopic (exact) mass is 199 g/mol. The molecule has 10 heavy (non-hydrogen) atoms. The molecule has 1 aromatic heterocycles. The molecule has 1 aliphatic heterocycles. The molecule has 2 rings (SSSR count). The molecule has 0 spiro atoms. The van der Waals surface area contributed by atoms with Gasteiger partial charge in [-0.2, -0.15) is 0 Å². The van der Waals surface area contributed by atoms with Crippen LogP contribution in [0.25, 0.3) is 0 Å². The molecule has 0 bridgehead atoms. The zero-order valence-electron chi connectivity index (χ0n) is 5.19. The molecule has 0 aromatic carbocycles. The van der Waals surface area contributed by atoms with Crippen LogP contribution in [0.15, 0.2) is 16.7 Å². The largest absolute Gasteiger partial charge is 0.305 e. The molecule has 0 atom stereocenters. The number of fused-ring (bicyclic) bond motifs is 1. The number of hydrogen-bond acceptors (Lipinski definition) is 3. The lowest BCUT2D eigenvalue weighted by molar-refractivity contribution is 0.859. The summed E-state index contributed by atoms with van der Waals surface area (Å²) < 4.78 is 1.02. The molecule has 52 valence electrons. The van der Waals surface area contributed by atoms with Crippen molar-refractivity contribution in [2.45, 2.75) is 6.54 Å². The van der Waals surface area contributed by atoms with Gasteiger partial charge in [-0.3, -0.25) is 0 Å². The molecule has 4 heteroatoms. The average Bonchev–Trinajstić information content (AvgIpc) is 2.33. The molecule has 3 nitrogen and oxygen atoms in total. The Hall–Kier alpha value is -0.610. The van der Waals surface area contributed by atoms with E-state index in [0.717, 1.165) is 16.8 Å². The van der Waals surface area contributed by atoms with Crippen LogP contribution in [0.4, 0.5) is 5.82 Å². The molecule has 0 amide bonds. The number of nitrogens with zero attached hydrogens (tertiary/aromatic N) is 1. The summed E-state index contributed by atoms with van der Waals surface area (Å²) in [6, 6.07) is 2.05. The predicted octanol–water partition coefficient (Wildman–Crippen LogP) is 1.27. The van der Waals surface area contributed by atoms with Gasteiger partial charge in [0.05, 0.1) is 0 Å². The van der Waals surface area contributed by atoms with E-state index >= 15 is 0 Å². The minimum atomic E-state index is 0.849. The Bertz CT molecular complexity index is 261. The summed E-state index contributed by atoms with van der Waals surface area (Å²) >= 11 is 3.35. The van der Waals surface area contributed by atoms with Crippen LogP contribution in [0.2, 0.25) is 0 Å². The maximum atomic E-state index is 4.14. The van der Waals surface area contributed by atoms with Crippen molar-refractivity contribution in [3.8, 4) is 0 Å². The van der Waals surface area contributed by atoms with Gasteiger partial charge in [-0.1, -0.05) is 0 Å². The fourth-order valence-electron chi connectivity index (χ4n) is 0.952. The Balaban J connectivity index is 2.52. The van der Waals surface area contributed by atoms with Crippen LogP contribution in [-0.2, 0) is 6.54 Å². The van der Waals surface area contributed by atoms with E-state index < -0.39 is 0 Å². The van der Waals surface area contributed by atoms with Gasteiger partial charge in [0, 0.05) is 22.8 Å². The summed E-state index contributed by atoms with van der Waals surface area (Å²) in [5.74, 6) is 0.934. The first-order chi connectivity index (χ1) is 4.86. The highest BCUT2D eigenvalue weighted by Gasteiger charge is 2.09. The molecule has 2 heterocycles. The summed E-state index contributed by atoms with van der Waals surface area (Å²) in [6.45, 7) is 0.849. The normalized spacial score (nSPS) is 14.5. The number of halogens is 1. The Morgan fingerprint density at radius 2 is 2.50 bits per heavy atom. The van der Waals surface area contributed by atoms with Crippen molar-refractivity contribution in [2.24, 2.45) is 0 Å². The first-order valence-electron chi connectivity index (χ1n) is 2.99. The highest BCUT2D eigenvalue weighted by Crippen LogP contribution is 2.19. The second-order valence-electron chi connectivity index (χ2n) is 2.14. The molecular weight excluding hydrogens is 194 g/mol. The van der Waals surface area contributed by atoms with E-state index in [1.54, 1.807) is 6.20 Å². The molecule has 0 fully saturated rings. The van der Waals surface area contributed by atoms with E-state index in [2.05, 4.69) is 37.8 Å². The predicted molar refractivity (Wildman–Crippen MR) is 42.4 cm³/mol. The third-order valence-electron chi connectivity index (χ3n) is 1.42. The van der Waals surface area contributed by atoms with Crippen molar-refractivity contribution in [1.29, 1.82) is 0 Å². The lowest BCUT2D eigenvalue weighted by Gasteiger charge is -1.95. The van der Waals surface area contributed by atoms with Gasteiger partial charge in [0.1, 0.15) is 5.82 Å². The van der Waals surface area contributed by atoms with Crippen LogP contribution in [0.1, 0.15) is 5.56 Å². The van der Waals surface area contributed by atoms with Gasteiger partial charge in [-0.25, -0.2) is 10.4 Å². The molecule has 0 unspecified atom stereocenters. The van der Waals surface area contributed by atoms with Gasteiger partial charge in [-0.05, 0) is 22.0 Å². The number of pyridine rings is 1. The summed E-state index contributed by atoms with van der Waals surface area (Å²) in [5.41, 5.74) is 7.13. The number of hydrogen-bond donors (Lipinski definition) is 2. The molecule has 1 aromatic rings. The first kappa shape index (κ1) is 6.12. The van der Waals surface area contributed by atoms with E-state index in [-0.39, 0.29) is 0 Å². The second kappa shape index (κ2) is 2.21. The van der Waals surface area contributed by atoms with Crippen LogP contribution < -0.4 is 10.9 Å². The van der Waals surface area contributed by atoms with Crippen LogP contribution >= 0.6 is 15.9 Å². The molecule has 0 aliphatic carbocycles. The van der Waals surface area contributed by atoms with Crippen molar-refractivity contribution < 1.29 is 0 Å². The maximum absolute atomic E-state index is 4.14. The van der Waals surface area contributed by atoms with Crippen LogP contribution in [0.5, 0.6) is 0 Å². The fraction of sp³-hybridized carbons (Fsp3) is 0.167. The molecule has 1 aliphatic rings. The van der Waals surface area contributed by atoms with Crippen LogP contribution in [-0.4, -0.2) is 4.98 Å². The fourth-order valence-corrected chi connectivity index (χ4v) is 1.33. The van der Waals surface area contributed by atoms with E-state index in [9.17, 15) is 0 Å². The minimum Gasteiger partial charge on any atom is -0.305 e. The van der Waals surface area contributed by atoms with E-state index in [0.29, 0.717) is 0 Å². The van der Waals surface area contributed by atoms with E-state index in [1.165, 1.54) is 5.56 Å². The zero-order chi connectivity index (χ0) is 6.97. The molecule has 0 saturated carbocycles. The Morgan fingerprint density at radius 3 is 3.40 bits per heavy atom. The summed E-state index contributed by atoms with van der Waals surface area (Å²) in [6.07, 6.45) is 1.78. The Kier molecular flexibility index (Phi) is 1.35. The summed E-state index contributed by atoms with van der Waals surface area (Å²) in [4.78, 5) is 4.14. The van der Waals surface area contributed by atoms with Gasteiger partial charge in [0.2, 0.25) is 0 Å². The topological polar surface area (TPSA) is 37.0 Å². The van der Waals surface area contributed by atoms with Crippen molar-refractivity contribution in [3.63, 3.8) is 0 Å². The van der Waals surface area contributed by atoms with Crippen molar-refractivity contribution in [2.75, 3.05) is 5.43 Å². The molecule has 0 saturated heterocycles. The quantitative estimate of drug-likeness (QED) is 0.662. The SMILES string of the molecule is Brc1cnc2c(c1)CNN2. The van der Waals surface area contributed by atoms with Gasteiger partial charge in [0.15, 0.2) is 0 Å². The van der Waals surface area contributed by atoms with Crippen LogP contribution in [0, 0.1) is 0 Å². The number of rotatable bonds is 0. The second-order valence-corrected chi connectivity index (χ2v) is 3.06. The third-order valence-corrected chi connectivity index (χ3v) is 1.85. The van der Waals surface area contributed by atoms with Gasteiger partial charge >= 0.3 is 0 Å². The van der Waals surface area contributed by atoms with Crippen LogP contribution in [0.3, 0.4) is 0 Å². The summed E-state index contributed by atoms with van der Waals surface area (Å²) in [7, 11) is 0. The van der Waals surface area contributed by atoms with Gasteiger partial charge in [0.25, 0.3) is 0 Å². The van der Waals surface area contributed by atoms with Crippen molar-refractivity contribution in [1.82, 2.24) is 10.4 Å². The van der Waals surface area contributed by atoms with Crippen molar-refractivity contribution >= 4 is 21.7 Å². The standard InChI is InChI=1S/C6H6BrN3/c7-5-1-4-2-9-10-6(4)8-3-5/h1,3,9H,2H2,(H,8,10). The van der Waals surface area contributed by atoms with Gasteiger partial charge in [-0.15, -0.1) is 0 Å². The minimum absolute atomic E-state index is 0.849. The number of hydrazine groups is 1. The lowest BCUT2D eigenvalue weighted by Crippen LogP contribution is -2.11.